The SMILES string of the molecule is CC[C@H](C(=O)Nc1cccc(C(F)(F)F)c1)n1c2ccccc2c2nc(=O)cc(C)n21. The third-order valence-electron chi connectivity index (χ3n) is 5.13. The van der Waals surface area contributed by atoms with Crippen molar-refractivity contribution in [1.29, 1.82) is 0 Å². The molecule has 9 heteroatoms. The van der Waals surface area contributed by atoms with Crippen molar-refractivity contribution >= 4 is 28.1 Å². The summed E-state index contributed by atoms with van der Waals surface area (Å²) in [6.45, 7) is 3.55. The normalized spacial score (nSPS) is 12.9. The van der Waals surface area contributed by atoms with E-state index in [4.69, 9.17) is 0 Å². The molecule has 2 aromatic carbocycles. The van der Waals surface area contributed by atoms with Crippen LogP contribution in [0.3, 0.4) is 0 Å². The molecule has 4 rings (SSSR count). The molecule has 0 spiro atoms. The second-order valence-corrected chi connectivity index (χ2v) is 7.22. The van der Waals surface area contributed by atoms with Crippen LogP contribution in [0.15, 0.2) is 59.4 Å². The van der Waals surface area contributed by atoms with E-state index < -0.39 is 23.7 Å². The Hall–Kier alpha value is -3.62. The van der Waals surface area contributed by atoms with Gasteiger partial charge in [0.15, 0.2) is 5.65 Å². The van der Waals surface area contributed by atoms with E-state index in [2.05, 4.69) is 10.3 Å². The zero-order valence-corrected chi connectivity index (χ0v) is 16.8. The maximum atomic E-state index is 13.2. The fraction of sp³-hybridized carbons (Fsp3) is 0.227. The summed E-state index contributed by atoms with van der Waals surface area (Å²) in [5.74, 6) is -0.470. The Kier molecular flexibility index (Phi) is 5.04. The number of halogens is 3. The lowest BCUT2D eigenvalue weighted by molar-refractivity contribution is -0.137. The number of aromatic nitrogens is 3. The van der Waals surface area contributed by atoms with Gasteiger partial charge in [-0.1, -0.05) is 25.1 Å². The summed E-state index contributed by atoms with van der Waals surface area (Å²) in [5, 5.41) is 3.30. The van der Waals surface area contributed by atoms with Crippen LogP contribution in [0.1, 0.15) is 30.6 Å². The van der Waals surface area contributed by atoms with Crippen LogP contribution in [0.4, 0.5) is 18.9 Å². The van der Waals surface area contributed by atoms with Crippen LogP contribution in [-0.4, -0.2) is 20.1 Å². The smallest absolute Gasteiger partial charge is 0.324 e. The molecule has 0 saturated heterocycles. The van der Waals surface area contributed by atoms with E-state index >= 15 is 0 Å². The number of carbonyl (C=O) groups is 1. The number of rotatable bonds is 4. The average Bonchev–Trinajstić information content (AvgIpc) is 3.03. The molecule has 31 heavy (non-hydrogen) atoms. The van der Waals surface area contributed by atoms with Gasteiger partial charge in [0.05, 0.1) is 11.1 Å². The minimum Gasteiger partial charge on any atom is -0.324 e. The number of para-hydroxylation sites is 1. The van der Waals surface area contributed by atoms with Crippen molar-refractivity contribution in [2.45, 2.75) is 32.5 Å². The Bertz CT molecular complexity index is 1350. The molecule has 0 fully saturated rings. The predicted octanol–water partition coefficient (Wildman–Crippen LogP) is 4.57. The van der Waals surface area contributed by atoms with Crippen LogP contribution in [0.5, 0.6) is 0 Å². The number of alkyl halides is 3. The molecule has 0 unspecified atom stereocenters. The number of aryl methyl sites for hydroxylation is 1. The molecule has 160 valence electrons. The second kappa shape index (κ2) is 7.57. The molecule has 1 amide bonds. The largest absolute Gasteiger partial charge is 0.416 e. The van der Waals surface area contributed by atoms with Gasteiger partial charge in [0.2, 0.25) is 5.91 Å². The summed E-state index contributed by atoms with van der Waals surface area (Å²) in [6.07, 6.45) is -4.14. The van der Waals surface area contributed by atoms with Crippen LogP contribution in [0.2, 0.25) is 0 Å². The number of benzene rings is 2. The van der Waals surface area contributed by atoms with E-state index in [9.17, 15) is 22.8 Å². The fourth-order valence-corrected chi connectivity index (χ4v) is 3.78. The number of nitrogens with zero attached hydrogens (tertiary/aromatic N) is 3. The highest BCUT2D eigenvalue weighted by Gasteiger charge is 2.31. The van der Waals surface area contributed by atoms with Crippen LogP contribution in [0.25, 0.3) is 16.6 Å². The second-order valence-electron chi connectivity index (χ2n) is 7.22. The molecule has 1 N–H and O–H groups in total. The summed E-state index contributed by atoms with van der Waals surface area (Å²) < 4.78 is 42.5. The predicted molar refractivity (Wildman–Crippen MR) is 111 cm³/mol. The van der Waals surface area contributed by atoms with Gasteiger partial charge in [-0.15, -0.1) is 0 Å². The number of carbonyl (C=O) groups excluding carboxylic acids is 1. The van der Waals surface area contributed by atoms with E-state index in [0.717, 1.165) is 12.1 Å². The number of hydrogen-bond acceptors (Lipinski definition) is 3. The van der Waals surface area contributed by atoms with E-state index in [1.807, 2.05) is 31.2 Å². The Morgan fingerprint density at radius 3 is 2.58 bits per heavy atom. The van der Waals surface area contributed by atoms with Gasteiger partial charge in [0.25, 0.3) is 5.56 Å². The highest BCUT2D eigenvalue weighted by atomic mass is 19.4. The highest BCUT2D eigenvalue weighted by Crippen LogP contribution is 2.31. The lowest BCUT2D eigenvalue weighted by Gasteiger charge is -2.21. The van der Waals surface area contributed by atoms with E-state index in [-0.39, 0.29) is 11.2 Å². The number of nitrogens with one attached hydrogen (secondary N) is 1. The van der Waals surface area contributed by atoms with Crippen molar-refractivity contribution in [2.24, 2.45) is 0 Å². The Balaban J connectivity index is 1.83. The first-order valence-corrected chi connectivity index (χ1v) is 9.68. The van der Waals surface area contributed by atoms with Crippen LogP contribution < -0.4 is 10.9 Å². The molecule has 2 heterocycles. The maximum Gasteiger partial charge on any atom is 0.416 e. The average molecular weight is 428 g/mol. The van der Waals surface area contributed by atoms with Gasteiger partial charge in [0, 0.05) is 22.8 Å². The summed E-state index contributed by atoms with van der Waals surface area (Å²) in [6, 6.07) is 12.4. The molecule has 1 atom stereocenters. The minimum atomic E-state index is -4.51. The van der Waals surface area contributed by atoms with Gasteiger partial charge in [-0.3, -0.25) is 14.3 Å². The van der Waals surface area contributed by atoms with Crippen molar-refractivity contribution in [3.05, 3.63) is 76.2 Å². The van der Waals surface area contributed by atoms with Crippen molar-refractivity contribution < 1.29 is 18.0 Å². The third kappa shape index (κ3) is 3.67. The topological polar surface area (TPSA) is 68.4 Å². The molecule has 0 aliphatic rings. The summed E-state index contributed by atoms with van der Waals surface area (Å²) in [7, 11) is 0. The molecule has 0 aliphatic heterocycles. The number of amides is 1. The molecule has 0 bridgehead atoms. The molecule has 0 radical (unpaired) electrons. The van der Waals surface area contributed by atoms with Gasteiger partial charge in [0.1, 0.15) is 6.04 Å². The van der Waals surface area contributed by atoms with Gasteiger partial charge < -0.3 is 5.32 Å². The van der Waals surface area contributed by atoms with Gasteiger partial charge in [-0.25, -0.2) is 4.52 Å². The minimum absolute atomic E-state index is 0.0562. The first-order chi connectivity index (χ1) is 14.7. The first kappa shape index (κ1) is 20.6. The van der Waals surface area contributed by atoms with Crippen LogP contribution in [0, 0.1) is 6.92 Å². The van der Waals surface area contributed by atoms with Crippen molar-refractivity contribution in [2.75, 3.05) is 5.32 Å². The number of fused-ring (bicyclic) bond motifs is 3. The van der Waals surface area contributed by atoms with Crippen molar-refractivity contribution in [1.82, 2.24) is 14.2 Å². The molecule has 4 aromatic rings. The molecular weight excluding hydrogens is 409 g/mol. The van der Waals surface area contributed by atoms with Gasteiger partial charge in [-0.05, 0) is 43.7 Å². The third-order valence-corrected chi connectivity index (χ3v) is 5.13. The monoisotopic (exact) mass is 428 g/mol. The molecule has 0 saturated carbocycles. The zero-order chi connectivity index (χ0) is 22.3. The quantitative estimate of drug-likeness (QED) is 0.518. The van der Waals surface area contributed by atoms with E-state index in [1.54, 1.807) is 16.1 Å². The van der Waals surface area contributed by atoms with Crippen LogP contribution >= 0.6 is 0 Å². The van der Waals surface area contributed by atoms with E-state index in [0.29, 0.717) is 28.7 Å². The van der Waals surface area contributed by atoms with Crippen molar-refractivity contribution in [3.63, 3.8) is 0 Å². The summed E-state index contributed by atoms with van der Waals surface area (Å²) in [4.78, 5) is 29.3. The Morgan fingerprint density at radius 2 is 1.87 bits per heavy atom. The summed E-state index contributed by atoms with van der Waals surface area (Å²) >= 11 is 0. The summed E-state index contributed by atoms with van der Waals surface area (Å²) in [5.41, 5.74) is 0.535. The molecule has 0 aliphatic carbocycles. The Labute approximate surface area is 174 Å². The Morgan fingerprint density at radius 1 is 1.13 bits per heavy atom. The van der Waals surface area contributed by atoms with Crippen molar-refractivity contribution in [3.8, 4) is 0 Å². The van der Waals surface area contributed by atoms with Gasteiger partial charge >= 0.3 is 6.18 Å². The standard InChI is InChI=1S/C22H19F3N4O2/c1-3-17(21(31)26-15-8-6-7-14(12-15)22(23,24)25)29-18-10-5-4-9-16(18)20-27-19(30)11-13(2)28(20)29/h4-12,17H,3H2,1-2H3,(H,26,31)/t17-/m1/s1. The first-order valence-electron chi connectivity index (χ1n) is 9.68. The lowest BCUT2D eigenvalue weighted by Crippen LogP contribution is -2.29. The van der Waals surface area contributed by atoms with Gasteiger partial charge in [-0.2, -0.15) is 18.2 Å². The van der Waals surface area contributed by atoms with Crippen LogP contribution in [-0.2, 0) is 11.0 Å². The maximum absolute atomic E-state index is 13.2. The molecule has 6 nitrogen and oxygen atoms in total. The molecular formula is C22H19F3N4O2. The molecule has 2 aromatic heterocycles. The zero-order valence-electron chi connectivity index (χ0n) is 16.8. The fourth-order valence-electron chi connectivity index (χ4n) is 3.78. The number of anilines is 1. The number of hydrogen-bond donors (Lipinski definition) is 1. The van der Waals surface area contributed by atoms with E-state index in [1.165, 1.54) is 18.2 Å². The lowest BCUT2D eigenvalue weighted by atomic mass is 10.1. The highest BCUT2D eigenvalue weighted by molar-refractivity contribution is 5.97.